The molecular weight excluding hydrogens is 284 g/mol. The zero-order valence-electron chi connectivity index (χ0n) is 13.3. The van der Waals surface area contributed by atoms with Crippen molar-refractivity contribution in [1.29, 1.82) is 0 Å². The van der Waals surface area contributed by atoms with Crippen molar-refractivity contribution in [2.24, 2.45) is 5.92 Å². The molecule has 1 N–H and O–H groups in total. The Morgan fingerprint density at radius 3 is 2.78 bits per heavy atom. The van der Waals surface area contributed by atoms with Gasteiger partial charge in [0.2, 0.25) is 0 Å². The van der Waals surface area contributed by atoms with Crippen LogP contribution in [0.4, 0.5) is 0 Å². The molecule has 0 amide bonds. The summed E-state index contributed by atoms with van der Waals surface area (Å²) in [5.74, 6) is 1.86. The first-order valence-electron chi connectivity index (χ1n) is 8.52. The topological polar surface area (TPSA) is 46.5 Å². The fraction of sp³-hybridized carbons (Fsp3) is 0.368. The molecule has 0 bridgehead atoms. The van der Waals surface area contributed by atoms with Gasteiger partial charge < -0.3 is 4.57 Å². The molecule has 1 fully saturated rings. The smallest absolute Gasteiger partial charge is 0.139 e. The van der Waals surface area contributed by atoms with Crippen LogP contribution < -0.4 is 0 Å². The van der Waals surface area contributed by atoms with Crippen molar-refractivity contribution >= 4 is 0 Å². The molecule has 2 heterocycles. The Morgan fingerprint density at radius 2 is 1.96 bits per heavy atom. The molecule has 1 aliphatic rings. The number of aromatic nitrogens is 4. The summed E-state index contributed by atoms with van der Waals surface area (Å²) in [4.78, 5) is 4.61. The minimum atomic E-state index is 0.797. The zero-order valence-corrected chi connectivity index (χ0v) is 13.3. The second-order valence-corrected chi connectivity index (χ2v) is 6.45. The summed E-state index contributed by atoms with van der Waals surface area (Å²) in [6, 6.07) is 10.5. The average molecular weight is 306 g/mol. The van der Waals surface area contributed by atoms with Crippen LogP contribution in [0.15, 0.2) is 48.9 Å². The van der Waals surface area contributed by atoms with Crippen molar-refractivity contribution < 1.29 is 0 Å². The summed E-state index contributed by atoms with van der Waals surface area (Å²) in [7, 11) is 0. The zero-order chi connectivity index (χ0) is 15.5. The van der Waals surface area contributed by atoms with E-state index in [1.54, 1.807) is 0 Å². The second kappa shape index (κ2) is 6.41. The largest absolute Gasteiger partial charge is 0.331 e. The van der Waals surface area contributed by atoms with Gasteiger partial charge in [-0.3, -0.25) is 5.10 Å². The first-order chi connectivity index (χ1) is 11.4. The van der Waals surface area contributed by atoms with Gasteiger partial charge in [0.15, 0.2) is 0 Å². The molecule has 23 heavy (non-hydrogen) atoms. The van der Waals surface area contributed by atoms with E-state index in [1.165, 1.54) is 32.1 Å². The summed E-state index contributed by atoms with van der Waals surface area (Å²) in [5, 5.41) is 7.15. The van der Waals surface area contributed by atoms with E-state index in [2.05, 4.69) is 50.2 Å². The molecule has 0 aliphatic heterocycles. The number of aromatic amines is 1. The van der Waals surface area contributed by atoms with Crippen molar-refractivity contribution in [3.8, 4) is 22.6 Å². The van der Waals surface area contributed by atoms with Gasteiger partial charge in [0, 0.05) is 36.3 Å². The van der Waals surface area contributed by atoms with Crippen LogP contribution in [0.25, 0.3) is 22.6 Å². The molecule has 4 nitrogen and oxygen atoms in total. The average Bonchev–Trinajstić information content (AvgIpc) is 3.28. The Hall–Kier alpha value is -2.36. The number of nitrogens with one attached hydrogen (secondary N) is 1. The van der Waals surface area contributed by atoms with Crippen molar-refractivity contribution in [1.82, 2.24) is 19.7 Å². The monoisotopic (exact) mass is 306 g/mol. The third-order valence-corrected chi connectivity index (χ3v) is 4.81. The molecule has 2 aromatic heterocycles. The molecule has 0 saturated heterocycles. The van der Waals surface area contributed by atoms with E-state index >= 15 is 0 Å². The summed E-state index contributed by atoms with van der Waals surface area (Å²) in [6.45, 7) is 1.09. The third-order valence-electron chi connectivity index (χ3n) is 4.81. The number of rotatable bonds is 4. The van der Waals surface area contributed by atoms with Gasteiger partial charge >= 0.3 is 0 Å². The number of H-pyrrole nitrogens is 1. The highest BCUT2D eigenvalue weighted by atomic mass is 15.1. The highest BCUT2D eigenvalue weighted by Gasteiger charge is 2.16. The lowest BCUT2D eigenvalue weighted by Crippen LogP contribution is -2.14. The van der Waals surface area contributed by atoms with Crippen molar-refractivity contribution in [2.45, 2.75) is 38.6 Å². The lowest BCUT2D eigenvalue weighted by molar-refractivity contribution is 0.320. The van der Waals surface area contributed by atoms with Crippen LogP contribution in [0.1, 0.15) is 32.1 Å². The minimum absolute atomic E-state index is 0.797. The molecule has 0 unspecified atom stereocenters. The number of hydrogen-bond acceptors (Lipinski definition) is 2. The Kier molecular flexibility index (Phi) is 3.97. The summed E-state index contributed by atoms with van der Waals surface area (Å²) in [6.07, 6.45) is 12.7. The maximum absolute atomic E-state index is 4.61. The van der Waals surface area contributed by atoms with Crippen LogP contribution in [-0.2, 0) is 6.54 Å². The molecule has 4 rings (SSSR count). The van der Waals surface area contributed by atoms with E-state index in [-0.39, 0.29) is 0 Å². The van der Waals surface area contributed by atoms with Crippen LogP contribution in [0.2, 0.25) is 0 Å². The van der Waals surface area contributed by atoms with E-state index in [9.17, 15) is 0 Å². The third kappa shape index (κ3) is 3.07. The van der Waals surface area contributed by atoms with Crippen LogP contribution >= 0.6 is 0 Å². The molecule has 0 spiro atoms. The summed E-state index contributed by atoms with van der Waals surface area (Å²) < 4.78 is 2.32. The predicted octanol–water partition coefficient (Wildman–Crippen LogP) is 4.52. The van der Waals surface area contributed by atoms with Gasteiger partial charge in [-0.2, -0.15) is 5.10 Å². The molecule has 3 aromatic rings. The van der Waals surface area contributed by atoms with Gasteiger partial charge in [-0.05, 0) is 30.9 Å². The Morgan fingerprint density at radius 1 is 1.09 bits per heavy atom. The summed E-state index contributed by atoms with van der Waals surface area (Å²) >= 11 is 0. The molecule has 1 saturated carbocycles. The fourth-order valence-electron chi connectivity index (χ4n) is 3.60. The summed E-state index contributed by atoms with van der Waals surface area (Å²) in [5.41, 5.74) is 3.25. The van der Waals surface area contributed by atoms with Gasteiger partial charge in [0.25, 0.3) is 0 Å². The Balaban J connectivity index is 1.61. The van der Waals surface area contributed by atoms with Crippen LogP contribution in [0.5, 0.6) is 0 Å². The normalized spacial score (nSPS) is 15.8. The first kappa shape index (κ1) is 14.2. The van der Waals surface area contributed by atoms with E-state index in [4.69, 9.17) is 0 Å². The second-order valence-electron chi connectivity index (χ2n) is 6.45. The molecule has 0 radical (unpaired) electrons. The van der Waals surface area contributed by atoms with Crippen LogP contribution in [0.3, 0.4) is 0 Å². The standard InChI is InChI=1S/C19H22N4/c1-2-5-15(6-3-1)14-23-12-11-20-19(23)17-8-4-7-16(13-17)18-9-10-21-22-18/h4,7-13,15H,1-3,5-6,14H2,(H,21,22). The fourth-order valence-corrected chi connectivity index (χ4v) is 3.60. The SMILES string of the molecule is c1cc(-c2cc[nH]n2)cc(-c2nccn2CC2CCCCC2)c1. The van der Waals surface area contributed by atoms with Crippen LogP contribution in [0, 0.1) is 5.92 Å². The molecule has 0 atom stereocenters. The molecule has 4 heteroatoms. The number of benzene rings is 1. The highest BCUT2D eigenvalue weighted by Crippen LogP contribution is 2.28. The minimum Gasteiger partial charge on any atom is -0.331 e. The van der Waals surface area contributed by atoms with E-state index in [0.717, 1.165) is 35.1 Å². The first-order valence-corrected chi connectivity index (χ1v) is 8.52. The lowest BCUT2D eigenvalue weighted by Gasteiger charge is -2.22. The quantitative estimate of drug-likeness (QED) is 0.770. The molecular formula is C19H22N4. The van der Waals surface area contributed by atoms with Gasteiger partial charge in [0.1, 0.15) is 5.82 Å². The molecule has 1 aliphatic carbocycles. The van der Waals surface area contributed by atoms with E-state index in [1.807, 2.05) is 18.5 Å². The van der Waals surface area contributed by atoms with Gasteiger partial charge in [-0.1, -0.05) is 37.5 Å². The van der Waals surface area contributed by atoms with E-state index < -0.39 is 0 Å². The van der Waals surface area contributed by atoms with Crippen molar-refractivity contribution in [3.63, 3.8) is 0 Å². The Bertz CT molecular complexity index is 751. The Labute approximate surface area is 136 Å². The van der Waals surface area contributed by atoms with Crippen molar-refractivity contribution in [3.05, 3.63) is 48.9 Å². The van der Waals surface area contributed by atoms with Crippen molar-refractivity contribution in [2.75, 3.05) is 0 Å². The lowest BCUT2D eigenvalue weighted by atomic mass is 9.89. The van der Waals surface area contributed by atoms with Gasteiger partial charge in [-0.15, -0.1) is 0 Å². The van der Waals surface area contributed by atoms with Gasteiger partial charge in [-0.25, -0.2) is 4.98 Å². The maximum Gasteiger partial charge on any atom is 0.139 e. The molecule has 118 valence electrons. The maximum atomic E-state index is 4.61. The van der Waals surface area contributed by atoms with Crippen LogP contribution in [-0.4, -0.2) is 19.7 Å². The number of imidazole rings is 1. The number of hydrogen-bond donors (Lipinski definition) is 1. The highest BCUT2D eigenvalue weighted by molar-refractivity contribution is 5.67. The predicted molar refractivity (Wildman–Crippen MR) is 91.8 cm³/mol. The van der Waals surface area contributed by atoms with Gasteiger partial charge in [0.05, 0.1) is 5.69 Å². The number of nitrogens with zero attached hydrogens (tertiary/aromatic N) is 3. The molecule has 1 aromatic carbocycles. The van der Waals surface area contributed by atoms with E-state index in [0.29, 0.717) is 0 Å².